The second-order valence-corrected chi connectivity index (χ2v) is 7.22. The van der Waals surface area contributed by atoms with Crippen LogP contribution in [0.25, 0.3) is 0 Å². The summed E-state index contributed by atoms with van der Waals surface area (Å²) in [4.78, 5) is 38.5. The molecule has 3 aromatic rings. The number of carbonyl (C=O) groups is 3. The lowest BCUT2D eigenvalue weighted by Crippen LogP contribution is -2.26. The Morgan fingerprint density at radius 1 is 0.933 bits per heavy atom. The first-order valence-corrected chi connectivity index (χ1v) is 10.1. The minimum absolute atomic E-state index is 0.219. The molecular weight excluding hydrogens is 402 g/mol. The summed E-state index contributed by atoms with van der Waals surface area (Å²) in [5, 5.41) is 7.42. The van der Waals surface area contributed by atoms with Crippen molar-refractivity contribution in [2.75, 3.05) is 29.2 Å². The van der Waals surface area contributed by atoms with Crippen molar-refractivity contribution in [3.05, 3.63) is 76.5 Å². The molecule has 7 nitrogen and oxygen atoms in total. The highest BCUT2D eigenvalue weighted by molar-refractivity contribution is 7.12. The number of nitrogens with zero attached hydrogens (tertiary/aromatic N) is 1. The number of carbonyl (C=O) groups excluding carboxylic acids is 3. The normalized spacial score (nSPS) is 10.2. The zero-order chi connectivity index (χ0) is 21.5. The molecule has 0 spiro atoms. The fourth-order valence-corrected chi connectivity index (χ4v) is 3.25. The average molecular weight is 423 g/mol. The molecule has 0 atom stereocenters. The number of rotatable bonds is 6. The summed E-state index contributed by atoms with van der Waals surface area (Å²) in [7, 11) is 1.61. The van der Waals surface area contributed by atoms with Gasteiger partial charge in [-0.15, -0.1) is 11.3 Å². The molecule has 30 heavy (non-hydrogen) atoms. The van der Waals surface area contributed by atoms with E-state index in [0.717, 1.165) is 0 Å². The summed E-state index contributed by atoms with van der Waals surface area (Å²) < 4.78 is 4.96. The lowest BCUT2D eigenvalue weighted by molar-refractivity contribution is 0.101. The predicted molar refractivity (Wildman–Crippen MR) is 119 cm³/mol. The van der Waals surface area contributed by atoms with Crippen LogP contribution in [0.15, 0.2) is 66.0 Å². The molecule has 154 valence electrons. The third-order valence-corrected chi connectivity index (χ3v) is 5.05. The lowest BCUT2D eigenvalue weighted by atomic mass is 10.1. The van der Waals surface area contributed by atoms with Gasteiger partial charge in [-0.2, -0.15) is 0 Å². The first kappa shape index (κ1) is 21.1. The van der Waals surface area contributed by atoms with E-state index in [1.54, 1.807) is 74.6 Å². The van der Waals surface area contributed by atoms with Gasteiger partial charge >= 0.3 is 6.09 Å². The van der Waals surface area contributed by atoms with E-state index in [0.29, 0.717) is 34.1 Å². The highest BCUT2D eigenvalue weighted by Gasteiger charge is 2.13. The molecule has 0 aliphatic rings. The van der Waals surface area contributed by atoms with Crippen LogP contribution in [0.3, 0.4) is 0 Å². The first-order valence-electron chi connectivity index (χ1n) is 9.24. The van der Waals surface area contributed by atoms with Crippen molar-refractivity contribution in [3.63, 3.8) is 0 Å². The highest BCUT2D eigenvalue weighted by atomic mass is 32.1. The Hall–Kier alpha value is -3.65. The van der Waals surface area contributed by atoms with Gasteiger partial charge in [-0.05, 0) is 60.8 Å². The number of anilines is 3. The van der Waals surface area contributed by atoms with E-state index < -0.39 is 6.09 Å². The van der Waals surface area contributed by atoms with Crippen LogP contribution < -0.4 is 15.5 Å². The number of hydrogen-bond donors (Lipinski definition) is 2. The van der Waals surface area contributed by atoms with Gasteiger partial charge in [0, 0.05) is 29.7 Å². The van der Waals surface area contributed by atoms with E-state index in [1.165, 1.54) is 16.2 Å². The van der Waals surface area contributed by atoms with Crippen LogP contribution in [-0.2, 0) is 4.74 Å². The summed E-state index contributed by atoms with van der Waals surface area (Å²) in [5.41, 5.74) is 2.16. The van der Waals surface area contributed by atoms with Gasteiger partial charge in [0.2, 0.25) is 0 Å². The third-order valence-electron chi connectivity index (χ3n) is 4.18. The molecule has 0 aliphatic heterocycles. The molecule has 0 bridgehead atoms. The van der Waals surface area contributed by atoms with Crippen molar-refractivity contribution < 1.29 is 19.1 Å². The molecule has 3 rings (SSSR count). The topological polar surface area (TPSA) is 87.7 Å². The van der Waals surface area contributed by atoms with Crippen LogP contribution in [0.4, 0.5) is 21.9 Å². The van der Waals surface area contributed by atoms with Gasteiger partial charge in [0.1, 0.15) is 0 Å². The van der Waals surface area contributed by atoms with E-state index >= 15 is 0 Å². The van der Waals surface area contributed by atoms with Gasteiger partial charge in [0.15, 0.2) is 0 Å². The van der Waals surface area contributed by atoms with Gasteiger partial charge in [-0.25, -0.2) is 4.79 Å². The second-order valence-electron chi connectivity index (χ2n) is 6.27. The number of amides is 3. The predicted octanol–water partition coefficient (Wildman–Crippen LogP) is 4.85. The van der Waals surface area contributed by atoms with Crippen LogP contribution in [-0.4, -0.2) is 31.6 Å². The Balaban J connectivity index is 1.64. The van der Waals surface area contributed by atoms with E-state index in [-0.39, 0.29) is 11.8 Å². The standard InChI is InChI=1S/C22H21N3O4S/c1-3-29-22(28)25(2)18-11-9-16(10-12-18)23-20(26)15-6-4-7-17(14-15)24-21(27)19-8-5-13-30-19/h4-14H,3H2,1-2H3,(H,23,26)(H,24,27). The summed E-state index contributed by atoms with van der Waals surface area (Å²) in [6.45, 7) is 2.04. The largest absolute Gasteiger partial charge is 0.449 e. The molecule has 0 unspecified atom stereocenters. The Kier molecular flexibility index (Phi) is 6.82. The number of ether oxygens (including phenoxy) is 1. The maximum absolute atomic E-state index is 12.6. The number of nitrogens with one attached hydrogen (secondary N) is 2. The van der Waals surface area contributed by atoms with Gasteiger partial charge in [-0.3, -0.25) is 14.5 Å². The van der Waals surface area contributed by atoms with Gasteiger partial charge in [0.25, 0.3) is 11.8 Å². The Labute approximate surface area is 178 Å². The molecule has 0 radical (unpaired) electrons. The fourth-order valence-electron chi connectivity index (χ4n) is 2.64. The Morgan fingerprint density at radius 3 is 2.33 bits per heavy atom. The van der Waals surface area contributed by atoms with Crippen molar-refractivity contribution in [1.82, 2.24) is 0 Å². The minimum atomic E-state index is -0.448. The lowest BCUT2D eigenvalue weighted by Gasteiger charge is -2.17. The third kappa shape index (κ3) is 5.24. The fraction of sp³-hybridized carbons (Fsp3) is 0.136. The summed E-state index contributed by atoms with van der Waals surface area (Å²) in [6, 6.07) is 17.1. The number of hydrogen-bond acceptors (Lipinski definition) is 5. The summed E-state index contributed by atoms with van der Waals surface area (Å²) in [5.74, 6) is -0.530. The quantitative estimate of drug-likeness (QED) is 0.594. The maximum Gasteiger partial charge on any atom is 0.413 e. The first-order chi connectivity index (χ1) is 14.5. The van der Waals surface area contributed by atoms with Crippen molar-refractivity contribution in [3.8, 4) is 0 Å². The molecule has 3 amide bonds. The molecular formula is C22H21N3O4S. The van der Waals surface area contributed by atoms with E-state index in [4.69, 9.17) is 4.74 Å². The molecule has 1 heterocycles. The van der Waals surface area contributed by atoms with Gasteiger partial charge in [0.05, 0.1) is 11.5 Å². The number of benzene rings is 2. The molecule has 2 N–H and O–H groups in total. The van der Waals surface area contributed by atoms with E-state index in [2.05, 4.69) is 10.6 Å². The van der Waals surface area contributed by atoms with Crippen LogP contribution in [0.2, 0.25) is 0 Å². The Morgan fingerprint density at radius 2 is 1.67 bits per heavy atom. The minimum Gasteiger partial charge on any atom is -0.449 e. The smallest absolute Gasteiger partial charge is 0.413 e. The SMILES string of the molecule is CCOC(=O)N(C)c1ccc(NC(=O)c2cccc(NC(=O)c3cccs3)c2)cc1. The monoisotopic (exact) mass is 423 g/mol. The van der Waals surface area contributed by atoms with E-state index in [9.17, 15) is 14.4 Å². The molecule has 2 aromatic carbocycles. The zero-order valence-corrected chi connectivity index (χ0v) is 17.4. The van der Waals surface area contributed by atoms with E-state index in [1.807, 2.05) is 5.38 Å². The molecule has 0 saturated heterocycles. The van der Waals surface area contributed by atoms with Crippen LogP contribution >= 0.6 is 11.3 Å². The van der Waals surface area contributed by atoms with Crippen LogP contribution in [0, 0.1) is 0 Å². The van der Waals surface area contributed by atoms with Crippen molar-refractivity contribution >= 4 is 46.3 Å². The van der Waals surface area contributed by atoms with Gasteiger partial charge < -0.3 is 15.4 Å². The van der Waals surface area contributed by atoms with Crippen LogP contribution in [0.1, 0.15) is 27.0 Å². The van der Waals surface area contributed by atoms with Crippen molar-refractivity contribution in [1.29, 1.82) is 0 Å². The molecule has 8 heteroatoms. The molecule has 1 aromatic heterocycles. The average Bonchev–Trinajstić information content (AvgIpc) is 3.29. The summed E-state index contributed by atoms with van der Waals surface area (Å²) >= 11 is 1.35. The summed E-state index contributed by atoms with van der Waals surface area (Å²) in [6.07, 6.45) is -0.448. The zero-order valence-electron chi connectivity index (χ0n) is 16.5. The highest BCUT2D eigenvalue weighted by Crippen LogP contribution is 2.19. The molecule has 0 fully saturated rings. The van der Waals surface area contributed by atoms with Crippen molar-refractivity contribution in [2.24, 2.45) is 0 Å². The van der Waals surface area contributed by atoms with Crippen LogP contribution in [0.5, 0.6) is 0 Å². The maximum atomic E-state index is 12.6. The molecule has 0 saturated carbocycles. The number of thiophene rings is 1. The molecule has 0 aliphatic carbocycles. The Bertz CT molecular complexity index is 1030. The second kappa shape index (κ2) is 9.71. The van der Waals surface area contributed by atoms with Gasteiger partial charge in [-0.1, -0.05) is 12.1 Å². The van der Waals surface area contributed by atoms with Crippen molar-refractivity contribution in [2.45, 2.75) is 6.92 Å².